The van der Waals surface area contributed by atoms with Crippen LogP contribution in [0.5, 0.6) is 5.75 Å². The molecular formula is C19H22N2O4. The molecule has 132 valence electrons. The predicted octanol–water partition coefficient (Wildman–Crippen LogP) is 2.58. The highest BCUT2D eigenvalue weighted by atomic mass is 16.5. The molecule has 2 aromatic rings. The predicted molar refractivity (Wildman–Crippen MR) is 90.3 cm³/mol. The summed E-state index contributed by atoms with van der Waals surface area (Å²) < 4.78 is 10.7. The molecule has 1 aromatic heterocycles. The Kier molecular flexibility index (Phi) is 4.21. The Balaban J connectivity index is 1.55. The van der Waals surface area contributed by atoms with E-state index in [1.807, 2.05) is 24.3 Å². The van der Waals surface area contributed by atoms with Gasteiger partial charge in [0.25, 0.3) is 5.91 Å². The summed E-state index contributed by atoms with van der Waals surface area (Å²) in [6, 6.07) is 7.42. The third kappa shape index (κ3) is 3.39. The molecule has 1 N–H and O–H groups in total. The maximum atomic E-state index is 12.9. The van der Waals surface area contributed by atoms with Crippen molar-refractivity contribution in [1.29, 1.82) is 0 Å². The molecule has 6 heteroatoms. The largest absolute Gasteiger partial charge is 0.497 e. The van der Waals surface area contributed by atoms with Gasteiger partial charge in [-0.15, -0.1) is 0 Å². The number of hydrogen-bond acceptors (Lipinski definition) is 5. The molecule has 1 saturated carbocycles. The number of hydrogen-bond donors (Lipinski definition) is 1. The number of β-amino-alcohol motifs (C(OH)–C–C–N with tert-alkyl or cyclic N) is 1. The summed E-state index contributed by atoms with van der Waals surface area (Å²) in [5.74, 6) is 1.82. The number of amides is 1. The van der Waals surface area contributed by atoms with Crippen LogP contribution in [0, 0.1) is 5.92 Å². The molecule has 0 unspecified atom stereocenters. The molecule has 2 fully saturated rings. The fourth-order valence-corrected chi connectivity index (χ4v) is 3.42. The molecule has 1 aromatic carbocycles. The van der Waals surface area contributed by atoms with E-state index in [9.17, 15) is 9.90 Å². The number of aliphatic hydroxyl groups is 1. The van der Waals surface area contributed by atoms with E-state index in [-0.39, 0.29) is 11.9 Å². The van der Waals surface area contributed by atoms with Crippen molar-refractivity contribution in [3.63, 3.8) is 0 Å². The molecule has 1 aliphatic carbocycles. The molecule has 1 saturated heterocycles. The van der Waals surface area contributed by atoms with E-state index in [2.05, 4.69) is 4.98 Å². The van der Waals surface area contributed by atoms with Crippen LogP contribution in [-0.4, -0.2) is 40.7 Å². The summed E-state index contributed by atoms with van der Waals surface area (Å²) in [5, 5.41) is 10.1. The summed E-state index contributed by atoms with van der Waals surface area (Å²) in [5.41, 5.74) is 1.27. The van der Waals surface area contributed by atoms with Crippen LogP contribution in [0.15, 0.2) is 34.9 Å². The Morgan fingerprint density at radius 1 is 1.44 bits per heavy atom. The molecular weight excluding hydrogens is 320 g/mol. The standard InChI is InChI=1S/C19H22N2O4/c1-24-15-4-2-3-13(8-15)17-9-14(22)10-21(17)19(23)16-11-25-18(20-16)7-12-5-6-12/h2-4,8,11-12,14,17,22H,5-7,9-10H2,1H3/t14-,17-/m1/s1. The van der Waals surface area contributed by atoms with Crippen molar-refractivity contribution >= 4 is 5.91 Å². The average molecular weight is 342 g/mol. The minimum absolute atomic E-state index is 0.193. The monoisotopic (exact) mass is 342 g/mol. The second-order valence-corrected chi connectivity index (χ2v) is 6.91. The minimum Gasteiger partial charge on any atom is -0.497 e. The number of ether oxygens (including phenoxy) is 1. The molecule has 0 bridgehead atoms. The summed E-state index contributed by atoms with van der Waals surface area (Å²) in [7, 11) is 1.61. The van der Waals surface area contributed by atoms with Gasteiger partial charge in [0.05, 0.1) is 19.3 Å². The van der Waals surface area contributed by atoms with Gasteiger partial charge >= 0.3 is 0 Å². The maximum absolute atomic E-state index is 12.9. The number of nitrogens with zero attached hydrogens (tertiary/aromatic N) is 2. The van der Waals surface area contributed by atoms with Gasteiger partial charge in [-0.05, 0) is 42.9 Å². The van der Waals surface area contributed by atoms with Gasteiger partial charge in [0.2, 0.25) is 0 Å². The van der Waals surface area contributed by atoms with Gasteiger partial charge in [0.15, 0.2) is 11.6 Å². The van der Waals surface area contributed by atoms with Crippen LogP contribution in [0.4, 0.5) is 0 Å². The highest BCUT2D eigenvalue weighted by Gasteiger charge is 2.37. The van der Waals surface area contributed by atoms with Crippen molar-refractivity contribution in [2.75, 3.05) is 13.7 Å². The minimum atomic E-state index is -0.544. The van der Waals surface area contributed by atoms with Crippen LogP contribution < -0.4 is 4.74 Å². The third-order valence-corrected chi connectivity index (χ3v) is 4.95. The fourth-order valence-electron chi connectivity index (χ4n) is 3.42. The zero-order valence-corrected chi connectivity index (χ0v) is 14.2. The smallest absolute Gasteiger partial charge is 0.276 e. The fraction of sp³-hybridized carbons (Fsp3) is 0.474. The highest BCUT2D eigenvalue weighted by molar-refractivity contribution is 5.92. The van der Waals surface area contributed by atoms with Crippen LogP contribution in [0.25, 0.3) is 0 Å². The number of carbonyl (C=O) groups is 1. The Labute approximate surface area is 146 Å². The number of methoxy groups -OCH3 is 1. The lowest BCUT2D eigenvalue weighted by Gasteiger charge is -2.24. The second kappa shape index (κ2) is 6.52. The van der Waals surface area contributed by atoms with Crippen molar-refractivity contribution in [2.45, 2.75) is 37.8 Å². The number of carbonyl (C=O) groups excluding carboxylic acids is 1. The summed E-state index contributed by atoms with van der Waals surface area (Å²) in [6.07, 6.45) is 4.62. The van der Waals surface area contributed by atoms with E-state index >= 15 is 0 Å². The SMILES string of the molecule is COc1cccc([C@H]2C[C@@H](O)CN2C(=O)c2coc(CC3CC3)n2)c1. The van der Waals surface area contributed by atoms with Gasteiger partial charge in [-0.2, -0.15) is 0 Å². The Morgan fingerprint density at radius 3 is 3.04 bits per heavy atom. The highest BCUT2D eigenvalue weighted by Crippen LogP contribution is 2.35. The lowest BCUT2D eigenvalue weighted by atomic mass is 10.0. The van der Waals surface area contributed by atoms with Gasteiger partial charge in [-0.25, -0.2) is 4.98 Å². The van der Waals surface area contributed by atoms with Crippen LogP contribution >= 0.6 is 0 Å². The van der Waals surface area contributed by atoms with Crippen molar-refractivity contribution in [1.82, 2.24) is 9.88 Å². The zero-order chi connectivity index (χ0) is 17.4. The van der Waals surface area contributed by atoms with Crippen molar-refractivity contribution in [3.8, 4) is 5.75 Å². The molecule has 1 amide bonds. The molecule has 1 aliphatic heterocycles. The molecule has 0 spiro atoms. The molecule has 6 nitrogen and oxygen atoms in total. The number of rotatable bonds is 5. The topological polar surface area (TPSA) is 75.8 Å². The van der Waals surface area contributed by atoms with E-state index in [0.717, 1.165) is 17.7 Å². The van der Waals surface area contributed by atoms with Crippen LogP contribution in [-0.2, 0) is 6.42 Å². The maximum Gasteiger partial charge on any atom is 0.276 e. The first-order valence-electron chi connectivity index (χ1n) is 8.71. The number of benzene rings is 1. The third-order valence-electron chi connectivity index (χ3n) is 4.95. The first-order chi connectivity index (χ1) is 12.1. The summed E-state index contributed by atoms with van der Waals surface area (Å²) in [6.45, 7) is 0.297. The molecule has 4 rings (SSSR count). The lowest BCUT2D eigenvalue weighted by molar-refractivity contribution is 0.0709. The van der Waals surface area contributed by atoms with E-state index in [4.69, 9.17) is 9.15 Å². The summed E-state index contributed by atoms with van der Waals surface area (Å²) in [4.78, 5) is 18.9. The van der Waals surface area contributed by atoms with Crippen LogP contribution in [0.2, 0.25) is 0 Å². The van der Waals surface area contributed by atoms with E-state index in [0.29, 0.717) is 30.5 Å². The van der Waals surface area contributed by atoms with Crippen molar-refractivity contribution < 1.29 is 19.1 Å². The second-order valence-electron chi connectivity index (χ2n) is 6.91. The van der Waals surface area contributed by atoms with Gasteiger partial charge in [0, 0.05) is 13.0 Å². The molecule has 0 radical (unpaired) electrons. The molecule has 2 heterocycles. The number of aromatic nitrogens is 1. The Hall–Kier alpha value is -2.34. The van der Waals surface area contributed by atoms with E-state index < -0.39 is 6.10 Å². The van der Waals surface area contributed by atoms with E-state index in [1.165, 1.54) is 19.1 Å². The first kappa shape index (κ1) is 16.1. The van der Waals surface area contributed by atoms with Gasteiger partial charge in [-0.3, -0.25) is 4.79 Å². The number of oxazole rings is 1. The first-order valence-corrected chi connectivity index (χ1v) is 8.71. The van der Waals surface area contributed by atoms with E-state index in [1.54, 1.807) is 12.0 Å². The molecule has 2 aliphatic rings. The molecule has 2 atom stereocenters. The quantitative estimate of drug-likeness (QED) is 0.904. The number of aliphatic hydroxyl groups excluding tert-OH is 1. The van der Waals surface area contributed by atoms with Gasteiger partial charge in [0.1, 0.15) is 12.0 Å². The zero-order valence-electron chi connectivity index (χ0n) is 14.2. The van der Waals surface area contributed by atoms with Gasteiger partial charge in [-0.1, -0.05) is 12.1 Å². The lowest BCUT2D eigenvalue weighted by Crippen LogP contribution is -2.32. The van der Waals surface area contributed by atoms with Crippen molar-refractivity contribution in [2.24, 2.45) is 5.92 Å². The summed E-state index contributed by atoms with van der Waals surface area (Å²) >= 11 is 0. The Bertz CT molecular complexity index is 768. The van der Waals surface area contributed by atoms with Crippen LogP contribution in [0.3, 0.4) is 0 Å². The van der Waals surface area contributed by atoms with Crippen LogP contribution in [0.1, 0.15) is 47.2 Å². The molecule has 25 heavy (non-hydrogen) atoms. The number of likely N-dealkylation sites (tertiary alicyclic amines) is 1. The Morgan fingerprint density at radius 2 is 2.28 bits per heavy atom. The van der Waals surface area contributed by atoms with Gasteiger partial charge < -0.3 is 19.2 Å². The normalized spacial score (nSPS) is 23.0. The van der Waals surface area contributed by atoms with Crippen molar-refractivity contribution in [3.05, 3.63) is 47.7 Å². The average Bonchev–Trinajstić information content (AvgIpc) is 3.16.